The van der Waals surface area contributed by atoms with Gasteiger partial charge in [-0.1, -0.05) is 11.8 Å². The molecule has 0 radical (unpaired) electrons. The molecule has 0 spiro atoms. The zero-order valence-corrected chi connectivity index (χ0v) is 30.3. The van der Waals surface area contributed by atoms with Gasteiger partial charge in [0.25, 0.3) is 0 Å². The van der Waals surface area contributed by atoms with Crippen LogP contribution >= 0.6 is 0 Å². The molecule has 3 heterocycles. The molecule has 2 aromatic rings. The van der Waals surface area contributed by atoms with Gasteiger partial charge in [0.05, 0.1) is 18.4 Å². The Hall–Kier alpha value is -4.59. The van der Waals surface area contributed by atoms with Crippen LogP contribution in [0.15, 0.2) is 42.7 Å². The lowest BCUT2D eigenvalue weighted by Crippen LogP contribution is -2.46. The minimum Gasteiger partial charge on any atom is -0.508 e. The number of aromatic nitrogens is 1. The van der Waals surface area contributed by atoms with Crippen LogP contribution in [0.2, 0.25) is 0 Å². The largest absolute Gasteiger partial charge is 0.508 e. The van der Waals surface area contributed by atoms with Crippen LogP contribution in [0.5, 0.6) is 5.75 Å². The number of esters is 1. The third-order valence-electron chi connectivity index (χ3n) is 8.67. The van der Waals surface area contributed by atoms with E-state index in [1.54, 1.807) is 73.3 Å². The number of likely N-dealkylation sites (tertiary alicyclic amines) is 2. The molecule has 11 heteroatoms. The third-order valence-corrected chi connectivity index (χ3v) is 8.67. The Kier molecular flexibility index (Phi) is 12.9. The molecule has 0 bridgehead atoms. The standard InChI is InChI=1S/C39H52N4O7/c1-38(2,3)49-35(46)23-33(31-22-29(24-40-25-31)10-9-27-11-14-32(44)15-12-27)41-36(47)30-8-7-19-43(26-30)34(45)16-13-28-17-20-42(21-18-28)37(48)50-39(4,5)6/h11-12,14-15,22,24-25,28,30,33,44H,7-8,13,16-21,23,26H2,1-6H3,(H,41,47)/t30-,33+/m1/s1. The molecule has 0 saturated carbocycles. The summed E-state index contributed by atoms with van der Waals surface area (Å²) in [5.74, 6) is 5.53. The van der Waals surface area contributed by atoms with E-state index in [1.807, 2.05) is 20.8 Å². The summed E-state index contributed by atoms with van der Waals surface area (Å²) < 4.78 is 11.1. The quantitative estimate of drug-likeness (QED) is 0.265. The first-order chi connectivity index (χ1) is 23.5. The second kappa shape index (κ2) is 16.9. The van der Waals surface area contributed by atoms with Crippen molar-refractivity contribution in [2.75, 3.05) is 26.2 Å². The minimum atomic E-state index is -0.710. The van der Waals surface area contributed by atoms with Crippen LogP contribution in [0.25, 0.3) is 0 Å². The Labute approximate surface area is 296 Å². The molecule has 1 aromatic heterocycles. The Morgan fingerprint density at radius 3 is 2.22 bits per heavy atom. The van der Waals surface area contributed by atoms with Crippen molar-refractivity contribution in [3.8, 4) is 17.6 Å². The molecule has 2 atom stereocenters. The van der Waals surface area contributed by atoms with Gasteiger partial charge in [-0.05, 0) is 115 Å². The number of carbonyl (C=O) groups excluding carboxylic acids is 4. The lowest BCUT2D eigenvalue weighted by Gasteiger charge is -2.35. The number of piperidine rings is 2. The van der Waals surface area contributed by atoms with Crippen molar-refractivity contribution in [2.24, 2.45) is 11.8 Å². The first-order valence-electron chi connectivity index (χ1n) is 17.6. The number of phenolic OH excluding ortho intramolecular Hbond substituents is 1. The van der Waals surface area contributed by atoms with Crippen LogP contribution in [-0.4, -0.2) is 81.1 Å². The Morgan fingerprint density at radius 1 is 0.900 bits per heavy atom. The highest BCUT2D eigenvalue weighted by Gasteiger charge is 2.32. The van der Waals surface area contributed by atoms with Gasteiger partial charge in [-0.3, -0.25) is 19.4 Å². The zero-order valence-electron chi connectivity index (χ0n) is 30.3. The number of hydrogen-bond acceptors (Lipinski definition) is 8. The summed E-state index contributed by atoms with van der Waals surface area (Å²) in [6.07, 6.45) is 6.97. The van der Waals surface area contributed by atoms with Crippen molar-refractivity contribution < 1.29 is 33.8 Å². The molecular formula is C39H52N4O7. The summed E-state index contributed by atoms with van der Waals surface area (Å²) >= 11 is 0. The average Bonchev–Trinajstić information content (AvgIpc) is 3.05. The number of benzene rings is 1. The molecule has 2 N–H and O–H groups in total. The number of pyridine rings is 1. The summed E-state index contributed by atoms with van der Waals surface area (Å²) in [5, 5.41) is 12.6. The topological polar surface area (TPSA) is 138 Å². The summed E-state index contributed by atoms with van der Waals surface area (Å²) in [7, 11) is 0. The summed E-state index contributed by atoms with van der Waals surface area (Å²) in [4.78, 5) is 60.2. The molecule has 2 fully saturated rings. The number of ether oxygens (including phenoxy) is 2. The molecule has 3 amide bonds. The molecule has 4 rings (SSSR count). The number of rotatable bonds is 8. The normalized spacial score (nSPS) is 17.6. The van der Waals surface area contributed by atoms with Gasteiger partial charge >= 0.3 is 12.1 Å². The van der Waals surface area contributed by atoms with Gasteiger partial charge in [-0.2, -0.15) is 0 Å². The zero-order chi connectivity index (χ0) is 36.5. The van der Waals surface area contributed by atoms with Crippen molar-refractivity contribution in [1.82, 2.24) is 20.1 Å². The van der Waals surface area contributed by atoms with Gasteiger partial charge in [0.15, 0.2) is 0 Å². The molecule has 2 aliphatic rings. The average molecular weight is 689 g/mol. The van der Waals surface area contributed by atoms with E-state index in [9.17, 15) is 24.3 Å². The number of hydrogen-bond donors (Lipinski definition) is 2. The highest BCUT2D eigenvalue weighted by Crippen LogP contribution is 2.26. The van der Waals surface area contributed by atoms with Crippen LogP contribution in [0.1, 0.15) is 109 Å². The third kappa shape index (κ3) is 12.4. The monoisotopic (exact) mass is 688 g/mol. The number of phenols is 1. The lowest BCUT2D eigenvalue weighted by molar-refractivity contribution is -0.155. The molecule has 50 heavy (non-hydrogen) atoms. The maximum atomic E-state index is 13.7. The predicted octanol–water partition coefficient (Wildman–Crippen LogP) is 5.74. The van der Waals surface area contributed by atoms with Gasteiger partial charge in [0, 0.05) is 56.1 Å². The van der Waals surface area contributed by atoms with Crippen molar-refractivity contribution in [1.29, 1.82) is 0 Å². The Balaban J connectivity index is 1.36. The van der Waals surface area contributed by atoms with Crippen molar-refractivity contribution >= 4 is 23.9 Å². The Morgan fingerprint density at radius 2 is 1.56 bits per heavy atom. The van der Waals surface area contributed by atoms with E-state index < -0.39 is 29.1 Å². The van der Waals surface area contributed by atoms with Crippen molar-refractivity contribution in [2.45, 2.75) is 104 Å². The van der Waals surface area contributed by atoms with E-state index in [2.05, 4.69) is 22.1 Å². The summed E-state index contributed by atoms with van der Waals surface area (Å²) in [6, 6.07) is 7.62. The van der Waals surface area contributed by atoms with Gasteiger partial charge in [0.2, 0.25) is 11.8 Å². The maximum Gasteiger partial charge on any atom is 0.410 e. The van der Waals surface area contributed by atoms with E-state index >= 15 is 0 Å². The van der Waals surface area contributed by atoms with Crippen LogP contribution < -0.4 is 5.32 Å². The molecule has 270 valence electrons. The number of amides is 3. The molecule has 11 nitrogen and oxygen atoms in total. The van der Waals surface area contributed by atoms with Gasteiger partial charge in [-0.15, -0.1) is 0 Å². The maximum absolute atomic E-state index is 13.7. The SMILES string of the molecule is CC(C)(C)OC(=O)C[C@H](NC(=O)[C@@H]1CCCN(C(=O)CCC2CCN(C(=O)OC(C)(C)C)CC2)C1)c1cncc(C#Cc2ccc(O)cc2)c1. The number of aromatic hydroxyl groups is 1. The fourth-order valence-electron chi connectivity index (χ4n) is 6.13. The molecule has 0 unspecified atom stereocenters. The van der Waals surface area contributed by atoms with Gasteiger partial charge < -0.3 is 29.7 Å². The molecule has 2 aliphatic heterocycles. The highest BCUT2D eigenvalue weighted by atomic mass is 16.6. The summed E-state index contributed by atoms with van der Waals surface area (Å²) in [6.45, 7) is 13.1. The second-order valence-corrected chi connectivity index (χ2v) is 15.3. The van der Waals surface area contributed by atoms with Gasteiger partial charge in [0.1, 0.15) is 17.0 Å². The van der Waals surface area contributed by atoms with Gasteiger partial charge in [-0.25, -0.2) is 4.79 Å². The fourth-order valence-corrected chi connectivity index (χ4v) is 6.13. The molecule has 2 saturated heterocycles. The number of nitrogens with one attached hydrogen (secondary N) is 1. The molecular weight excluding hydrogens is 636 g/mol. The first kappa shape index (κ1) is 38.2. The predicted molar refractivity (Wildman–Crippen MR) is 189 cm³/mol. The van der Waals surface area contributed by atoms with Crippen LogP contribution in [0.3, 0.4) is 0 Å². The second-order valence-electron chi connectivity index (χ2n) is 15.3. The number of nitrogens with zero attached hydrogens (tertiary/aromatic N) is 3. The lowest BCUT2D eigenvalue weighted by atomic mass is 9.91. The van der Waals surface area contributed by atoms with Crippen LogP contribution in [0, 0.1) is 23.7 Å². The van der Waals surface area contributed by atoms with Crippen LogP contribution in [-0.2, 0) is 23.9 Å². The molecule has 0 aliphatic carbocycles. The fraction of sp³-hybridized carbons (Fsp3) is 0.564. The van der Waals surface area contributed by atoms with E-state index in [-0.39, 0.29) is 30.1 Å². The number of carbonyl (C=O) groups is 4. The van der Waals surface area contributed by atoms with Crippen LogP contribution in [0.4, 0.5) is 4.79 Å². The Bertz CT molecular complexity index is 1560. The van der Waals surface area contributed by atoms with E-state index in [0.717, 1.165) is 19.3 Å². The van der Waals surface area contributed by atoms with Crippen molar-refractivity contribution in [3.05, 3.63) is 59.4 Å². The van der Waals surface area contributed by atoms with E-state index in [0.29, 0.717) is 68.0 Å². The van der Waals surface area contributed by atoms with E-state index in [4.69, 9.17) is 9.47 Å². The summed E-state index contributed by atoms with van der Waals surface area (Å²) in [5.41, 5.74) is 0.704. The first-order valence-corrected chi connectivity index (χ1v) is 17.6. The van der Waals surface area contributed by atoms with E-state index in [1.165, 1.54) is 0 Å². The van der Waals surface area contributed by atoms with Crippen molar-refractivity contribution in [3.63, 3.8) is 0 Å². The molecule has 1 aromatic carbocycles. The smallest absolute Gasteiger partial charge is 0.410 e. The highest BCUT2D eigenvalue weighted by molar-refractivity contribution is 5.82. The minimum absolute atomic E-state index is 0.0338.